The Kier molecular flexibility index (Phi) is 5.06. The molecule has 148 valence electrons. The summed E-state index contributed by atoms with van der Waals surface area (Å²) in [6.45, 7) is 0.271. The molecule has 1 N–H and O–H groups in total. The number of hydrogen-bond donors (Lipinski definition) is 1. The number of nitrogens with zero attached hydrogens (tertiary/aromatic N) is 2. The van der Waals surface area contributed by atoms with Crippen molar-refractivity contribution in [1.29, 1.82) is 0 Å². The molecule has 9 heteroatoms. The fourth-order valence-corrected chi connectivity index (χ4v) is 3.75. The number of rotatable bonds is 4. The first-order valence-electron chi connectivity index (χ1n) is 8.49. The largest absolute Gasteiger partial charge is 0.416 e. The lowest BCUT2D eigenvalue weighted by molar-refractivity contribution is -0.137. The first-order valence-corrected chi connectivity index (χ1v) is 9.74. The zero-order valence-corrected chi connectivity index (χ0v) is 16.3. The lowest BCUT2D eigenvalue weighted by atomic mass is 10.1. The van der Waals surface area contributed by atoms with Crippen molar-refractivity contribution in [2.24, 2.45) is 0 Å². The van der Waals surface area contributed by atoms with E-state index < -0.39 is 17.6 Å². The maximum absolute atomic E-state index is 12.9. The summed E-state index contributed by atoms with van der Waals surface area (Å²) < 4.78 is 40.3. The van der Waals surface area contributed by atoms with Crippen molar-refractivity contribution >= 4 is 33.8 Å². The molecule has 0 aliphatic heterocycles. The molecule has 0 spiro atoms. The van der Waals surface area contributed by atoms with Crippen molar-refractivity contribution in [1.82, 2.24) is 14.7 Å². The number of amides is 1. The maximum atomic E-state index is 12.9. The normalized spacial score (nSPS) is 11.7. The summed E-state index contributed by atoms with van der Waals surface area (Å²) in [4.78, 5) is 17.7. The first kappa shape index (κ1) is 19.5. The molecule has 0 atom stereocenters. The van der Waals surface area contributed by atoms with E-state index in [1.807, 2.05) is 0 Å². The smallest absolute Gasteiger partial charge is 0.347 e. The minimum atomic E-state index is -4.42. The number of imidazole rings is 1. The highest BCUT2D eigenvalue weighted by molar-refractivity contribution is 7.15. The summed E-state index contributed by atoms with van der Waals surface area (Å²) in [5.41, 5.74) is 1.19. The predicted octanol–water partition coefficient (Wildman–Crippen LogP) is 5.67. The fourth-order valence-electron chi connectivity index (χ4n) is 2.91. The summed E-state index contributed by atoms with van der Waals surface area (Å²) in [6.07, 6.45) is -2.69. The zero-order valence-electron chi connectivity index (χ0n) is 14.7. The predicted molar refractivity (Wildman–Crippen MR) is 106 cm³/mol. The van der Waals surface area contributed by atoms with Crippen molar-refractivity contribution < 1.29 is 18.0 Å². The topological polar surface area (TPSA) is 46.4 Å². The van der Waals surface area contributed by atoms with Gasteiger partial charge < -0.3 is 5.32 Å². The van der Waals surface area contributed by atoms with E-state index in [2.05, 4.69) is 10.3 Å². The zero-order chi connectivity index (χ0) is 20.6. The molecule has 0 fully saturated rings. The Morgan fingerprint density at radius 3 is 2.45 bits per heavy atom. The molecule has 4 nitrogen and oxygen atoms in total. The Balaban J connectivity index is 1.65. The minimum Gasteiger partial charge on any atom is -0.347 e. The van der Waals surface area contributed by atoms with E-state index in [9.17, 15) is 18.0 Å². The van der Waals surface area contributed by atoms with E-state index in [0.29, 0.717) is 21.2 Å². The molecule has 4 aromatic rings. The van der Waals surface area contributed by atoms with Gasteiger partial charge in [0.15, 0.2) is 10.7 Å². The number of halogens is 4. The van der Waals surface area contributed by atoms with Crippen LogP contribution in [0.5, 0.6) is 0 Å². The number of fused-ring (bicyclic) bond motifs is 1. The van der Waals surface area contributed by atoms with E-state index in [-0.39, 0.29) is 12.2 Å². The van der Waals surface area contributed by atoms with Crippen molar-refractivity contribution in [3.05, 3.63) is 82.0 Å². The standard InChI is InChI=1S/C20H13ClF3N3OS/c21-15-7-1-12(2-8-15)11-25-18(28)16-17(27-9-10-29-19(27)26-16)13-3-5-14(6-4-13)20(22,23)24/h1-10H,11H2,(H,25,28). The number of nitrogens with one attached hydrogen (secondary N) is 1. The van der Waals surface area contributed by atoms with Gasteiger partial charge in [0, 0.05) is 28.7 Å². The van der Waals surface area contributed by atoms with Gasteiger partial charge in [-0.15, -0.1) is 11.3 Å². The second-order valence-corrected chi connectivity index (χ2v) is 7.56. The van der Waals surface area contributed by atoms with Crippen LogP contribution in [-0.2, 0) is 12.7 Å². The van der Waals surface area contributed by atoms with Gasteiger partial charge in [0.25, 0.3) is 5.91 Å². The molecular weight excluding hydrogens is 423 g/mol. The van der Waals surface area contributed by atoms with Crippen molar-refractivity contribution in [2.75, 3.05) is 0 Å². The third-order valence-corrected chi connectivity index (χ3v) is 5.34. The van der Waals surface area contributed by atoms with Gasteiger partial charge in [-0.2, -0.15) is 13.2 Å². The highest BCUT2D eigenvalue weighted by Crippen LogP contribution is 2.33. The summed E-state index contributed by atoms with van der Waals surface area (Å²) in [5, 5.41) is 5.19. The molecule has 0 saturated carbocycles. The Bertz CT molecular complexity index is 1160. The molecule has 0 bridgehead atoms. The molecule has 2 aromatic carbocycles. The second-order valence-electron chi connectivity index (χ2n) is 6.25. The Labute approximate surface area is 172 Å². The molecule has 0 radical (unpaired) electrons. The van der Waals surface area contributed by atoms with E-state index in [1.165, 1.54) is 23.5 Å². The molecule has 2 aromatic heterocycles. The molecule has 4 rings (SSSR count). The highest BCUT2D eigenvalue weighted by Gasteiger charge is 2.30. The molecule has 0 aliphatic rings. The summed E-state index contributed by atoms with van der Waals surface area (Å²) in [6, 6.07) is 11.7. The van der Waals surface area contributed by atoms with Gasteiger partial charge in [-0.25, -0.2) is 4.98 Å². The Morgan fingerprint density at radius 1 is 1.10 bits per heavy atom. The van der Waals surface area contributed by atoms with Crippen LogP contribution in [0.2, 0.25) is 5.02 Å². The van der Waals surface area contributed by atoms with Crippen LogP contribution in [0.3, 0.4) is 0 Å². The van der Waals surface area contributed by atoms with Gasteiger partial charge in [-0.1, -0.05) is 35.9 Å². The third-order valence-electron chi connectivity index (χ3n) is 4.33. The van der Waals surface area contributed by atoms with Crippen LogP contribution >= 0.6 is 22.9 Å². The number of benzene rings is 2. The van der Waals surface area contributed by atoms with Gasteiger partial charge in [0.05, 0.1) is 11.3 Å². The number of carbonyl (C=O) groups excluding carboxylic acids is 1. The SMILES string of the molecule is O=C(NCc1ccc(Cl)cc1)c1nc2sccn2c1-c1ccc(C(F)(F)F)cc1. The van der Waals surface area contributed by atoms with Crippen LogP contribution in [0, 0.1) is 0 Å². The molecule has 2 heterocycles. The second kappa shape index (κ2) is 7.53. The molecular formula is C20H13ClF3N3OS. The lowest BCUT2D eigenvalue weighted by Gasteiger charge is -2.09. The van der Waals surface area contributed by atoms with Gasteiger partial charge in [-0.05, 0) is 29.8 Å². The number of alkyl halides is 3. The van der Waals surface area contributed by atoms with Gasteiger partial charge in [0.1, 0.15) is 0 Å². The van der Waals surface area contributed by atoms with Gasteiger partial charge in [-0.3, -0.25) is 9.20 Å². The van der Waals surface area contributed by atoms with E-state index in [0.717, 1.165) is 17.7 Å². The van der Waals surface area contributed by atoms with Crippen LogP contribution in [0.25, 0.3) is 16.2 Å². The van der Waals surface area contributed by atoms with Crippen molar-refractivity contribution in [3.63, 3.8) is 0 Å². The quantitative estimate of drug-likeness (QED) is 0.449. The van der Waals surface area contributed by atoms with Gasteiger partial charge in [0.2, 0.25) is 0 Å². The van der Waals surface area contributed by atoms with E-state index >= 15 is 0 Å². The van der Waals surface area contributed by atoms with Crippen LogP contribution in [-0.4, -0.2) is 15.3 Å². The fraction of sp³-hybridized carbons (Fsp3) is 0.100. The average Bonchev–Trinajstić information content (AvgIpc) is 3.28. The van der Waals surface area contributed by atoms with Crippen molar-refractivity contribution in [3.8, 4) is 11.3 Å². The number of aromatic nitrogens is 2. The average molecular weight is 436 g/mol. The monoisotopic (exact) mass is 435 g/mol. The number of hydrogen-bond acceptors (Lipinski definition) is 3. The maximum Gasteiger partial charge on any atom is 0.416 e. The van der Waals surface area contributed by atoms with Gasteiger partial charge >= 0.3 is 6.18 Å². The van der Waals surface area contributed by atoms with Crippen LogP contribution < -0.4 is 5.32 Å². The molecule has 29 heavy (non-hydrogen) atoms. The lowest BCUT2D eigenvalue weighted by Crippen LogP contribution is -2.23. The summed E-state index contributed by atoms with van der Waals surface area (Å²) in [5.74, 6) is -0.411. The molecule has 1 amide bonds. The molecule has 0 aliphatic carbocycles. The number of thiazole rings is 1. The molecule has 0 saturated heterocycles. The van der Waals surface area contributed by atoms with Crippen molar-refractivity contribution in [2.45, 2.75) is 12.7 Å². The Morgan fingerprint density at radius 2 is 1.79 bits per heavy atom. The van der Waals surface area contributed by atoms with Crippen LogP contribution in [0.15, 0.2) is 60.1 Å². The van der Waals surface area contributed by atoms with E-state index in [1.54, 1.807) is 40.2 Å². The Hall–Kier alpha value is -2.84. The minimum absolute atomic E-state index is 0.158. The van der Waals surface area contributed by atoms with Crippen LogP contribution in [0.4, 0.5) is 13.2 Å². The number of carbonyl (C=O) groups is 1. The first-order chi connectivity index (χ1) is 13.8. The third kappa shape index (κ3) is 3.99. The summed E-state index contributed by atoms with van der Waals surface area (Å²) in [7, 11) is 0. The van der Waals surface area contributed by atoms with E-state index in [4.69, 9.17) is 11.6 Å². The van der Waals surface area contributed by atoms with Crippen LogP contribution in [0.1, 0.15) is 21.6 Å². The summed E-state index contributed by atoms with van der Waals surface area (Å²) >= 11 is 7.20. The highest BCUT2D eigenvalue weighted by atomic mass is 35.5. The molecule has 0 unspecified atom stereocenters.